The fraction of sp³-hybridized carbons (Fsp3) is 0.286. The van der Waals surface area contributed by atoms with E-state index in [1.54, 1.807) is 25.5 Å². The van der Waals surface area contributed by atoms with Crippen LogP contribution in [0.4, 0.5) is 5.82 Å². The highest BCUT2D eigenvalue weighted by Crippen LogP contribution is 2.21. The van der Waals surface area contributed by atoms with E-state index in [2.05, 4.69) is 30.6 Å². The van der Waals surface area contributed by atoms with Gasteiger partial charge in [0.2, 0.25) is 17.7 Å². The molecule has 0 unspecified atom stereocenters. The lowest BCUT2D eigenvalue weighted by molar-refractivity contribution is -0.116. The van der Waals surface area contributed by atoms with Crippen LogP contribution in [0.5, 0.6) is 11.8 Å². The Bertz CT molecular complexity index is 866. The van der Waals surface area contributed by atoms with Crippen LogP contribution in [0.15, 0.2) is 24.7 Å². The van der Waals surface area contributed by atoms with Crippen LogP contribution in [0, 0.1) is 0 Å². The smallest absolute Gasteiger partial charge is 0.247 e. The van der Waals surface area contributed by atoms with Crippen LogP contribution >= 0.6 is 0 Å². The van der Waals surface area contributed by atoms with Gasteiger partial charge in [0.1, 0.15) is 6.54 Å². The topological polar surface area (TPSA) is 122 Å². The molecule has 0 fully saturated rings. The van der Waals surface area contributed by atoms with Crippen molar-refractivity contribution in [3.8, 4) is 23.1 Å². The van der Waals surface area contributed by atoms with Crippen LogP contribution in [-0.4, -0.2) is 54.9 Å². The first-order valence-electron chi connectivity index (χ1n) is 7.23. The van der Waals surface area contributed by atoms with Crippen molar-refractivity contribution in [1.29, 1.82) is 0 Å². The molecule has 11 nitrogen and oxygen atoms in total. The van der Waals surface area contributed by atoms with Gasteiger partial charge >= 0.3 is 0 Å². The molecule has 1 amide bonds. The molecule has 0 bridgehead atoms. The molecule has 3 aromatic heterocycles. The van der Waals surface area contributed by atoms with E-state index in [9.17, 15) is 4.79 Å². The Hall–Kier alpha value is -3.50. The Morgan fingerprint density at radius 3 is 2.48 bits per heavy atom. The van der Waals surface area contributed by atoms with Gasteiger partial charge in [0.05, 0.1) is 38.2 Å². The predicted octanol–water partition coefficient (Wildman–Crippen LogP) is 0.124. The summed E-state index contributed by atoms with van der Waals surface area (Å²) in [7, 11) is 4.68. The summed E-state index contributed by atoms with van der Waals surface area (Å²) in [6.07, 6.45) is 4.68. The Morgan fingerprint density at radius 2 is 1.88 bits per heavy atom. The van der Waals surface area contributed by atoms with Crippen molar-refractivity contribution in [3.63, 3.8) is 0 Å². The molecule has 0 saturated heterocycles. The first-order valence-corrected chi connectivity index (χ1v) is 7.23. The van der Waals surface area contributed by atoms with Crippen molar-refractivity contribution in [3.05, 3.63) is 24.7 Å². The lowest BCUT2D eigenvalue weighted by atomic mass is 10.3. The molecule has 11 heteroatoms. The largest absolute Gasteiger partial charge is 0.481 e. The molecule has 0 aliphatic rings. The minimum atomic E-state index is -0.278. The first kappa shape index (κ1) is 16.4. The molecule has 0 aliphatic heterocycles. The van der Waals surface area contributed by atoms with Crippen molar-refractivity contribution < 1.29 is 14.3 Å². The van der Waals surface area contributed by atoms with Gasteiger partial charge in [-0.25, -0.2) is 0 Å². The van der Waals surface area contributed by atoms with E-state index in [1.807, 2.05) is 0 Å². The van der Waals surface area contributed by atoms with E-state index in [0.29, 0.717) is 29.0 Å². The molecule has 0 radical (unpaired) electrons. The number of rotatable bonds is 6. The number of methoxy groups -OCH3 is 2. The third-order valence-corrected chi connectivity index (χ3v) is 3.16. The predicted molar refractivity (Wildman–Crippen MR) is 86.0 cm³/mol. The van der Waals surface area contributed by atoms with Gasteiger partial charge in [-0.3, -0.25) is 9.48 Å². The maximum Gasteiger partial charge on any atom is 0.247 e. The normalized spacial score (nSPS) is 10.5. The van der Waals surface area contributed by atoms with Gasteiger partial charge < -0.3 is 14.8 Å². The van der Waals surface area contributed by atoms with E-state index in [-0.39, 0.29) is 12.5 Å². The van der Waals surface area contributed by atoms with E-state index in [4.69, 9.17) is 9.47 Å². The van der Waals surface area contributed by atoms with Gasteiger partial charge in [-0.05, 0) is 0 Å². The van der Waals surface area contributed by atoms with Crippen LogP contribution in [-0.2, 0) is 18.4 Å². The number of hydrogen-bond donors (Lipinski definition) is 1. The van der Waals surface area contributed by atoms with Crippen molar-refractivity contribution in [2.24, 2.45) is 7.05 Å². The van der Waals surface area contributed by atoms with Gasteiger partial charge in [0.25, 0.3) is 0 Å². The molecule has 3 rings (SSSR count). The molecular weight excluding hydrogens is 328 g/mol. The standard InChI is InChI=1S/C14H16N8O3/c1-21-15-6-10(20-21)17-11(23)8-22-7-9(5-16-22)14-18-12(24-2)4-13(19-14)25-3/h4-7H,8H2,1-3H3,(H,17,20,23). The average Bonchev–Trinajstić information content (AvgIpc) is 3.23. The average molecular weight is 344 g/mol. The number of carbonyl (C=O) groups excluding carboxylic acids is 1. The van der Waals surface area contributed by atoms with Crippen LogP contribution < -0.4 is 14.8 Å². The highest BCUT2D eigenvalue weighted by Gasteiger charge is 2.12. The van der Waals surface area contributed by atoms with E-state index in [0.717, 1.165) is 0 Å². The minimum absolute atomic E-state index is 0.0116. The summed E-state index contributed by atoms with van der Waals surface area (Å²) in [4.78, 5) is 21.9. The third-order valence-electron chi connectivity index (χ3n) is 3.16. The minimum Gasteiger partial charge on any atom is -0.481 e. The van der Waals surface area contributed by atoms with Crippen LogP contribution in [0.3, 0.4) is 0 Å². The maximum atomic E-state index is 12.0. The molecule has 3 heterocycles. The highest BCUT2D eigenvalue weighted by atomic mass is 16.5. The van der Waals surface area contributed by atoms with Gasteiger partial charge in [-0.2, -0.15) is 25.0 Å². The zero-order valence-corrected chi connectivity index (χ0v) is 13.9. The Labute approximate surface area is 142 Å². The number of hydrogen-bond acceptors (Lipinski definition) is 8. The number of amides is 1. The van der Waals surface area contributed by atoms with E-state index < -0.39 is 0 Å². The van der Waals surface area contributed by atoms with Gasteiger partial charge in [0, 0.05) is 13.2 Å². The summed E-state index contributed by atoms with van der Waals surface area (Å²) in [6.45, 7) is 0.0116. The van der Waals surface area contributed by atoms with E-state index in [1.165, 1.54) is 29.9 Å². The summed E-state index contributed by atoms with van der Waals surface area (Å²) in [5.41, 5.74) is 0.629. The summed E-state index contributed by atoms with van der Waals surface area (Å²) < 4.78 is 11.7. The quantitative estimate of drug-likeness (QED) is 0.669. The van der Waals surface area contributed by atoms with Crippen molar-refractivity contribution >= 4 is 11.7 Å². The summed E-state index contributed by atoms with van der Waals surface area (Å²) in [5, 5.41) is 14.6. The van der Waals surface area contributed by atoms with Crippen LogP contribution in [0.25, 0.3) is 11.4 Å². The molecule has 0 atom stereocenters. The highest BCUT2D eigenvalue weighted by molar-refractivity contribution is 5.89. The third kappa shape index (κ3) is 3.88. The number of carbonyl (C=O) groups is 1. The zero-order chi connectivity index (χ0) is 17.8. The summed E-state index contributed by atoms with van der Waals surface area (Å²) in [6, 6.07) is 1.57. The molecule has 0 aliphatic carbocycles. The van der Waals surface area contributed by atoms with Crippen molar-refractivity contribution in [2.75, 3.05) is 19.5 Å². The second kappa shape index (κ2) is 6.95. The number of nitrogens with zero attached hydrogens (tertiary/aromatic N) is 7. The lowest BCUT2D eigenvalue weighted by Crippen LogP contribution is -2.19. The lowest BCUT2D eigenvalue weighted by Gasteiger charge is -2.04. The Morgan fingerprint density at radius 1 is 1.16 bits per heavy atom. The fourth-order valence-electron chi connectivity index (χ4n) is 2.04. The van der Waals surface area contributed by atoms with Gasteiger partial charge in [0.15, 0.2) is 11.6 Å². The van der Waals surface area contributed by atoms with Gasteiger partial charge in [-0.1, -0.05) is 0 Å². The molecule has 130 valence electrons. The number of anilines is 1. The van der Waals surface area contributed by atoms with Crippen LogP contribution in [0.2, 0.25) is 0 Å². The SMILES string of the molecule is COc1cc(OC)nc(-c2cnn(CC(=O)Nc3cnn(C)n3)c2)n1. The number of aryl methyl sites for hydroxylation is 1. The monoisotopic (exact) mass is 344 g/mol. The number of ether oxygens (including phenoxy) is 2. The van der Waals surface area contributed by atoms with E-state index >= 15 is 0 Å². The molecule has 0 saturated carbocycles. The van der Waals surface area contributed by atoms with Crippen molar-refractivity contribution in [1.82, 2.24) is 34.7 Å². The second-order valence-corrected chi connectivity index (χ2v) is 4.97. The molecule has 25 heavy (non-hydrogen) atoms. The van der Waals surface area contributed by atoms with Crippen LogP contribution in [0.1, 0.15) is 0 Å². The maximum absolute atomic E-state index is 12.0. The molecular formula is C14H16N8O3. The van der Waals surface area contributed by atoms with Crippen molar-refractivity contribution in [2.45, 2.75) is 6.54 Å². The molecule has 1 N–H and O–H groups in total. The van der Waals surface area contributed by atoms with Gasteiger partial charge in [-0.15, -0.1) is 5.10 Å². The second-order valence-electron chi connectivity index (χ2n) is 4.97. The summed E-state index contributed by atoms with van der Waals surface area (Å²) >= 11 is 0. The molecule has 3 aromatic rings. The number of nitrogens with one attached hydrogen (secondary N) is 1. The number of aromatic nitrogens is 7. The summed E-state index contributed by atoms with van der Waals surface area (Å²) in [5.74, 6) is 1.22. The molecule has 0 aromatic carbocycles. The Balaban J connectivity index is 1.73. The Kier molecular flexibility index (Phi) is 4.55. The first-order chi connectivity index (χ1) is 12.1. The zero-order valence-electron chi connectivity index (χ0n) is 13.9. The fourth-order valence-corrected chi connectivity index (χ4v) is 2.04. The molecule has 0 spiro atoms.